The Morgan fingerprint density at radius 2 is 2.19 bits per heavy atom. The second-order valence-corrected chi connectivity index (χ2v) is 7.15. The Labute approximate surface area is 130 Å². The van der Waals surface area contributed by atoms with E-state index >= 15 is 0 Å². The first-order valence-corrected chi connectivity index (χ1v) is 8.64. The van der Waals surface area contributed by atoms with Crippen molar-refractivity contribution in [2.45, 2.75) is 36.7 Å². The SMILES string of the molecule is COc1ccccc1C1NC2(CC2)C(=O)N1CC(C)SC. The molecular formula is C16H22N2O2S. The van der Waals surface area contributed by atoms with E-state index in [4.69, 9.17) is 4.74 Å². The summed E-state index contributed by atoms with van der Waals surface area (Å²) in [7, 11) is 1.68. The van der Waals surface area contributed by atoms with Crippen molar-refractivity contribution in [3.63, 3.8) is 0 Å². The molecule has 114 valence electrons. The lowest BCUT2D eigenvalue weighted by Crippen LogP contribution is -2.36. The number of hydrogen-bond acceptors (Lipinski definition) is 4. The molecule has 5 heteroatoms. The Hall–Kier alpha value is -1.20. The molecule has 1 heterocycles. The summed E-state index contributed by atoms with van der Waals surface area (Å²) in [5, 5.41) is 3.97. The smallest absolute Gasteiger partial charge is 0.244 e. The van der Waals surface area contributed by atoms with Crippen LogP contribution in [0.25, 0.3) is 0 Å². The predicted molar refractivity (Wildman–Crippen MR) is 85.5 cm³/mol. The summed E-state index contributed by atoms with van der Waals surface area (Å²) in [5.41, 5.74) is 0.745. The van der Waals surface area contributed by atoms with Crippen LogP contribution in [0.15, 0.2) is 24.3 Å². The summed E-state index contributed by atoms with van der Waals surface area (Å²) in [6, 6.07) is 7.95. The molecule has 1 aliphatic carbocycles. The zero-order valence-electron chi connectivity index (χ0n) is 12.8. The Balaban J connectivity index is 1.93. The number of rotatable bonds is 5. The molecule has 2 unspecified atom stereocenters. The predicted octanol–water partition coefficient (Wildman–Crippen LogP) is 2.41. The molecule has 0 aromatic heterocycles. The van der Waals surface area contributed by atoms with Gasteiger partial charge in [-0.15, -0.1) is 0 Å². The highest BCUT2D eigenvalue weighted by Gasteiger charge is 2.59. The van der Waals surface area contributed by atoms with Crippen LogP contribution in [0.1, 0.15) is 31.5 Å². The highest BCUT2D eigenvalue weighted by atomic mass is 32.2. The van der Waals surface area contributed by atoms with E-state index in [9.17, 15) is 4.79 Å². The zero-order chi connectivity index (χ0) is 15.0. The van der Waals surface area contributed by atoms with E-state index in [1.165, 1.54) is 0 Å². The molecule has 2 fully saturated rings. The molecule has 0 bridgehead atoms. The third-order valence-electron chi connectivity index (χ3n) is 4.43. The number of ether oxygens (including phenoxy) is 1. The molecule has 4 nitrogen and oxygen atoms in total. The fraction of sp³-hybridized carbons (Fsp3) is 0.562. The topological polar surface area (TPSA) is 41.6 Å². The van der Waals surface area contributed by atoms with Crippen LogP contribution >= 0.6 is 11.8 Å². The van der Waals surface area contributed by atoms with Crippen LogP contribution < -0.4 is 10.1 Å². The molecule has 1 N–H and O–H groups in total. The van der Waals surface area contributed by atoms with Gasteiger partial charge in [-0.25, -0.2) is 0 Å². The minimum Gasteiger partial charge on any atom is -0.496 e. The van der Waals surface area contributed by atoms with Gasteiger partial charge in [0, 0.05) is 17.4 Å². The molecule has 1 spiro atoms. The average Bonchev–Trinajstić information content (AvgIpc) is 3.25. The second-order valence-electron chi connectivity index (χ2n) is 5.87. The Bertz CT molecular complexity index is 545. The van der Waals surface area contributed by atoms with E-state index in [0.717, 1.165) is 30.7 Å². The standard InChI is InChI=1S/C16H22N2O2S/c1-11(21-3)10-18-14(17-16(8-9-16)15(18)19)12-6-4-5-7-13(12)20-2/h4-7,11,14,17H,8-10H2,1-3H3. The number of nitrogens with zero attached hydrogens (tertiary/aromatic N) is 1. The molecular weight excluding hydrogens is 284 g/mol. The van der Waals surface area contributed by atoms with E-state index in [0.29, 0.717) is 5.25 Å². The number of hydrogen-bond donors (Lipinski definition) is 1. The summed E-state index contributed by atoms with van der Waals surface area (Å²) < 4.78 is 5.48. The van der Waals surface area contributed by atoms with Gasteiger partial charge in [0.25, 0.3) is 0 Å². The van der Waals surface area contributed by atoms with Crippen LogP contribution in [0.5, 0.6) is 5.75 Å². The number of para-hydroxylation sites is 1. The van der Waals surface area contributed by atoms with Gasteiger partial charge in [0.2, 0.25) is 5.91 Å². The first kappa shape index (κ1) is 14.7. The number of amides is 1. The van der Waals surface area contributed by atoms with Gasteiger partial charge in [-0.1, -0.05) is 25.1 Å². The molecule has 1 amide bonds. The van der Waals surface area contributed by atoms with E-state index < -0.39 is 0 Å². The van der Waals surface area contributed by atoms with Crippen LogP contribution in [-0.2, 0) is 4.79 Å². The van der Waals surface area contributed by atoms with E-state index in [2.05, 4.69) is 18.5 Å². The van der Waals surface area contributed by atoms with E-state index in [1.54, 1.807) is 18.9 Å². The van der Waals surface area contributed by atoms with Crippen molar-refractivity contribution in [3.8, 4) is 5.75 Å². The number of thioether (sulfide) groups is 1. The summed E-state index contributed by atoms with van der Waals surface area (Å²) in [5.74, 6) is 1.08. The van der Waals surface area contributed by atoms with Crippen LogP contribution in [-0.4, -0.2) is 41.5 Å². The average molecular weight is 306 g/mol. The Kier molecular flexibility index (Phi) is 3.88. The quantitative estimate of drug-likeness (QED) is 0.907. The van der Waals surface area contributed by atoms with Crippen molar-refractivity contribution in [1.82, 2.24) is 10.2 Å². The minimum absolute atomic E-state index is 0.0780. The Morgan fingerprint density at radius 1 is 1.48 bits per heavy atom. The fourth-order valence-corrected chi connectivity index (χ4v) is 3.26. The van der Waals surface area contributed by atoms with Crippen molar-refractivity contribution in [2.24, 2.45) is 0 Å². The van der Waals surface area contributed by atoms with Gasteiger partial charge in [-0.05, 0) is 25.2 Å². The summed E-state index contributed by atoms with van der Waals surface area (Å²) in [6.07, 6.45) is 3.90. The third kappa shape index (κ3) is 2.53. The van der Waals surface area contributed by atoms with Gasteiger partial charge >= 0.3 is 0 Å². The molecule has 2 aliphatic rings. The third-order valence-corrected chi connectivity index (χ3v) is 5.39. The van der Waals surface area contributed by atoms with Crippen molar-refractivity contribution < 1.29 is 9.53 Å². The summed E-state index contributed by atoms with van der Waals surface area (Å²) in [4.78, 5) is 14.7. The van der Waals surface area contributed by atoms with Gasteiger partial charge in [-0.2, -0.15) is 11.8 Å². The maximum atomic E-state index is 12.7. The highest BCUT2D eigenvalue weighted by Crippen LogP contribution is 2.47. The summed E-state index contributed by atoms with van der Waals surface area (Å²) in [6.45, 7) is 2.92. The van der Waals surface area contributed by atoms with Crippen molar-refractivity contribution in [3.05, 3.63) is 29.8 Å². The monoisotopic (exact) mass is 306 g/mol. The number of nitrogens with one attached hydrogen (secondary N) is 1. The lowest BCUT2D eigenvalue weighted by Gasteiger charge is -2.27. The highest BCUT2D eigenvalue weighted by molar-refractivity contribution is 7.99. The second kappa shape index (κ2) is 5.54. The summed E-state index contributed by atoms with van der Waals surface area (Å²) >= 11 is 1.79. The molecule has 1 saturated carbocycles. The van der Waals surface area contributed by atoms with Gasteiger partial charge in [-0.3, -0.25) is 10.1 Å². The van der Waals surface area contributed by atoms with Gasteiger partial charge in [0.05, 0.1) is 7.11 Å². The largest absolute Gasteiger partial charge is 0.496 e. The van der Waals surface area contributed by atoms with Crippen molar-refractivity contribution >= 4 is 17.7 Å². The van der Waals surface area contributed by atoms with Gasteiger partial charge in [0.15, 0.2) is 0 Å². The lowest BCUT2D eigenvalue weighted by atomic mass is 10.1. The number of carbonyl (C=O) groups excluding carboxylic acids is 1. The maximum Gasteiger partial charge on any atom is 0.244 e. The van der Waals surface area contributed by atoms with E-state index in [1.807, 2.05) is 29.2 Å². The first-order valence-electron chi connectivity index (χ1n) is 7.36. The van der Waals surface area contributed by atoms with Crippen LogP contribution in [0.4, 0.5) is 0 Å². The molecule has 21 heavy (non-hydrogen) atoms. The fourth-order valence-electron chi connectivity index (χ4n) is 2.95. The maximum absolute atomic E-state index is 12.7. The molecule has 0 radical (unpaired) electrons. The number of benzene rings is 1. The normalized spacial score (nSPS) is 24.4. The lowest BCUT2D eigenvalue weighted by molar-refractivity contribution is -0.130. The molecule has 1 aromatic rings. The van der Waals surface area contributed by atoms with Gasteiger partial charge < -0.3 is 9.64 Å². The molecule has 2 atom stereocenters. The van der Waals surface area contributed by atoms with Crippen molar-refractivity contribution in [2.75, 3.05) is 19.9 Å². The molecule has 1 aliphatic heterocycles. The number of carbonyl (C=O) groups is 1. The van der Waals surface area contributed by atoms with Crippen LogP contribution in [0.2, 0.25) is 0 Å². The minimum atomic E-state index is -0.302. The Morgan fingerprint density at radius 3 is 2.81 bits per heavy atom. The molecule has 1 aromatic carbocycles. The molecule has 1 saturated heterocycles. The van der Waals surface area contributed by atoms with E-state index in [-0.39, 0.29) is 17.6 Å². The first-order chi connectivity index (χ1) is 10.1. The van der Waals surface area contributed by atoms with Gasteiger partial charge in [0.1, 0.15) is 17.5 Å². The van der Waals surface area contributed by atoms with Crippen molar-refractivity contribution in [1.29, 1.82) is 0 Å². The zero-order valence-corrected chi connectivity index (χ0v) is 13.6. The van der Waals surface area contributed by atoms with Crippen LogP contribution in [0.3, 0.4) is 0 Å². The van der Waals surface area contributed by atoms with Crippen LogP contribution in [0, 0.1) is 0 Å². The molecule has 3 rings (SSSR count). The number of methoxy groups -OCH3 is 1.